The van der Waals surface area contributed by atoms with Gasteiger partial charge in [-0.2, -0.15) is 30.7 Å². The maximum atomic E-state index is 14.0. The number of halogens is 7. The second-order valence-electron chi connectivity index (χ2n) is 15.1. The van der Waals surface area contributed by atoms with E-state index >= 15 is 0 Å². The molecule has 0 atom stereocenters. The molecule has 1 aromatic heterocycles. The Kier molecular flexibility index (Phi) is 16.2. The monoisotopic (exact) mass is 985 g/mol. The predicted molar refractivity (Wildman–Crippen MR) is 214 cm³/mol. The van der Waals surface area contributed by atoms with Crippen LogP contribution in [0, 0.1) is 17.9 Å². The fourth-order valence-corrected chi connectivity index (χ4v) is 6.61. The normalized spacial score (nSPS) is 12.7. The van der Waals surface area contributed by atoms with Gasteiger partial charge in [-0.15, -0.1) is 29.1 Å². The molecule has 0 aliphatic carbocycles. The molecule has 0 saturated heterocycles. The van der Waals surface area contributed by atoms with Crippen molar-refractivity contribution >= 4 is 16.6 Å². The summed E-state index contributed by atoms with van der Waals surface area (Å²) in [6.07, 6.45) is 0.219. The Morgan fingerprint density at radius 3 is 1.71 bits per heavy atom. The van der Waals surface area contributed by atoms with E-state index in [1.54, 1.807) is 30.5 Å². The number of pyridine rings is 1. The molecule has 0 amide bonds. The number of aromatic nitrogens is 1. The number of rotatable bonds is 12. The van der Waals surface area contributed by atoms with Crippen molar-refractivity contribution in [1.29, 1.82) is 0 Å². The second-order valence-corrected chi connectivity index (χ2v) is 15.1. The molecular weight excluding hydrogens is 936 g/mol. The van der Waals surface area contributed by atoms with Gasteiger partial charge in [-0.05, 0) is 59.4 Å². The number of aliphatic hydroxyl groups is 1. The Balaban J connectivity index is 0.000000480. The molecule has 5 rings (SSSR count). The van der Waals surface area contributed by atoms with Gasteiger partial charge in [0.05, 0.1) is 5.76 Å². The van der Waals surface area contributed by atoms with Crippen LogP contribution in [0.4, 0.5) is 30.7 Å². The molecule has 0 aliphatic heterocycles. The van der Waals surface area contributed by atoms with Crippen molar-refractivity contribution in [3.8, 4) is 33.5 Å². The average molecular weight is 985 g/mol. The molecule has 1 N–H and O–H groups in total. The van der Waals surface area contributed by atoms with Crippen molar-refractivity contribution < 1.29 is 60.7 Å². The van der Waals surface area contributed by atoms with Gasteiger partial charge in [0, 0.05) is 55.5 Å². The number of allylic oxidation sites excluding steroid dienone is 2. The van der Waals surface area contributed by atoms with Crippen molar-refractivity contribution in [3.05, 3.63) is 126 Å². The molecule has 0 spiro atoms. The maximum Gasteiger partial charge on any atom is 0.460 e. The summed E-state index contributed by atoms with van der Waals surface area (Å²) in [5.41, 5.74) is 3.90. The smallest absolute Gasteiger partial charge is 0.460 e. The molecule has 4 aromatic carbocycles. The molecule has 0 unspecified atom stereocenters. The molecule has 1 radical (unpaired) electrons. The summed E-state index contributed by atoms with van der Waals surface area (Å²) < 4.78 is 92.6. The van der Waals surface area contributed by atoms with E-state index in [4.69, 9.17) is 0 Å². The number of carbonyl (C=O) groups excluding carboxylic acids is 1. The van der Waals surface area contributed by atoms with Gasteiger partial charge in [-0.3, -0.25) is 9.78 Å². The van der Waals surface area contributed by atoms with E-state index in [-0.39, 0.29) is 48.9 Å². The van der Waals surface area contributed by atoms with Gasteiger partial charge in [0.25, 0.3) is 0 Å². The number of carbonyl (C=O) groups is 1. The van der Waals surface area contributed by atoms with Gasteiger partial charge < -0.3 is 5.11 Å². The van der Waals surface area contributed by atoms with Gasteiger partial charge in [-0.1, -0.05) is 132 Å². The Morgan fingerprint density at radius 1 is 0.707 bits per heavy atom. The van der Waals surface area contributed by atoms with Crippen LogP contribution in [0.2, 0.25) is 0 Å². The minimum atomic E-state index is -6.39. The summed E-state index contributed by atoms with van der Waals surface area (Å²) in [6, 6.07) is 27.9. The van der Waals surface area contributed by atoms with Crippen molar-refractivity contribution in [2.75, 3.05) is 0 Å². The number of fused-ring (bicyclic) bond motifs is 1. The van der Waals surface area contributed by atoms with Crippen molar-refractivity contribution in [2.24, 2.45) is 11.8 Å². The van der Waals surface area contributed by atoms with Crippen LogP contribution >= 0.6 is 0 Å². The Labute approximate surface area is 350 Å². The summed E-state index contributed by atoms with van der Waals surface area (Å²) >= 11 is 0. The van der Waals surface area contributed by atoms with Gasteiger partial charge in [0.15, 0.2) is 5.78 Å². The first-order valence-electron chi connectivity index (χ1n) is 19.1. The molecule has 3 nitrogen and oxygen atoms in total. The SMILES string of the molecule is CC(C)(C)c1cc(-c2cc(-c3ccc(-c4ccc(C(F)(F)C(F)(F)C(F)(F)F)cc4)cc3)ccn2)[c-]c2ccccc12.CCC(CC)C(=O)/C=C(\O)C(CC)CC.[Ir]. The summed E-state index contributed by atoms with van der Waals surface area (Å²) in [5, 5.41) is 11.9. The summed E-state index contributed by atoms with van der Waals surface area (Å²) in [6.45, 7) is 14.5. The number of alkyl halides is 7. The number of nitrogens with zero attached hydrogens (tertiary/aromatic N) is 1. The zero-order chi connectivity index (χ0) is 42.3. The van der Waals surface area contributed by atoms with Gasteiger partial charge in [0.2, 0.25) is 0 Å². The third kappa shape index (κ3) is 10.8. The van der Waals surface area contributed by atoms with E-state index in [0.717, 1.165) is 71.0 Å². The van der Waals surface area contributed by atoms with Crippen LogP contribution < -0.4 is 0 Å². The van der Waals surface area contributed by atoms with Crippen LogP contribution in [0.5, 0.6) is 0 Å². The largest absolute Gasteiger partial charge is 0.512 e. The summed E-state index contributed by atoms with van der Waals surface area (Å²) in [4.78, 5) is 16.3. The van der Waals surface area contributed by atoms with Crippen LogP contribution in [-0.2, 0) is 36.2 Å². The minimum absolute atomic E-state index is 0. The zero-order valence-electron chi connectivity index (χ0n) is 33.6. The molecule has 0 fully saturated rings. The first-order valence-corrected chi connectivity index (χ1v) is 19.1. The van der Waals surface area contributed by atoms with E-state index in [1.165, 1.54) is 11.6 Å². The van der Waals surface area contributed by atoms with Gasteiger partial charge >= 0.3 is 18.0 Å². The molecule has 0 bridgehead atoms. The quantitative estimate of drug-likeness (QED) is 0.0586. The molecule has 0 saturated carbocycles. The van der Waals surface area contributed by atoms with E-state index in [1.807, 2.05) is 58.0 Å². The fourth-order valence-electron chi connectivity index (χ4n) is 6.61. The molecule has 58 heavy (non-hydrogen) atoms. The van der Waals surface area contributed by atoms with Gasteiger partial charge in [0.1, 0.15) is 0 Å². The standard InChI is InChI=1S/C34H25F7N.C13H24O2.Ir/c1-31(2,3)29-19-26(18-25-6-4-5-7-28(25)29)30-20-24(16-17-42-30)23-10-8-21(9-11-23)22-12-14-27(15-13-22)32(35,36)33(37,38)34(39,40)41;1-5-10(6-2)12(14)9-13(15)11(7-3)8-4;/h4-17,19-20H,1-3H3;9-11,14H,5-8H2,1-4H3;/q-1;;/b;12-9-;. The fraction of sp³-hybridized carbons (Fsp3) is 0.362. The molecule has 11 heteroatoms. The first kappa shape index (κ1) is 48.0. The van der Waals surface area contributed by atoms with Gasteiger partial charge in [-0.25, -0.2) is 0 Å². The topological polar surface area (TPSA) is 50.2 Å². The van der Waals surface area contributed by atoms with Crippen LogP contribution in [0.25, 0.3) is 44.3 Å². The van der Waals surface area contributed by atoms with E-state index in [0.29, 0.717) is 23.3 Å². The summed E-state index contributed by atoms with van der Waals surface area (Å²) in [7, 11) is 0. The Bertz CT molecular complexity index is 2150. The Morgan fingerprint density at radius 2 is 1.21 bits per heavy atom. The third-order valence-corrected chi connectivity index (χ3v) is 10.3. The van der Waals surface area contributed by atoms with E-state index in [2.05, 4.69) is 44.0 Å². The average Bonchev–Trinajstić information content (AvgIpc) is 3.18. The number of hydrogen-bond acceptors (Lipinski definition) is 3. The van der Waals surface area contributed by atoms with E-state index < -0.39 is 23.6 Å². The first-order chi connectivity index (χ1) is 26.7. The number of hydrogen-bond donors (Lipinski definition) is 1. The van der Waals surface area contributed by atoms with E-state index in [9.17, 15) is 40.6 Å². The van der Waals surface area contributed by atoms with Crippen molar-refractivity contribution in [1.82, 2.24) is 4.98 Å². The Hall–Kier alpha value is -4.34. The molecular formula is C47H49F7IrNO2-. The molecule has 0 aliphatic rings. The predicted octanol–water partition coefficient (Wildman–Crippen LogP) is 14.5. The third-order valence-electron chi connectivity index (χ3n) is 10.3. The summed E-state index contributed by atoms with van der Waals surface area (Å²) in [5.74, 6) is -11.1. The molecule has 5 aromatic rings. The van der Waals surface area contributed by atoms with Crippen LogP contribution in [0.15, 0.2) is 109 Å². The number of aliphatic hydroxyl groups excluding tert-OH is 1. The molecule has 313 valence electrons. The maximum absolute atomic E-state index is 14.0. The van der Waals surface area contributed by atoms with Crippen molar-refractivity contribution in [2.45, 2.75) is 97.6 Å². The number of ketones is 1. The van der Waals surface area contributed by atoms with Crippen LogP contribution in [0.1, 0.15) is 85.3 Å². The number of benzene rings is 4. The van der Waals surface area contributed by atoms with Crippen LogP contribution in [-0.4, -0.2) is 28.0 Å². The van der Waals surface area contributed by atoms with Crippen LogP contribution in [0.3, 0.4) is 0 Å². The van der Waals surface area contributed by atoms with Crippen molar-refractivity contribution in [3.63, 3.8) is 0 Å². The minimum Gasteiger partial charge on any atom is -0.512 e. The second kappa shape index (κ2) is 19.6. The molecule has 1 heterocycles. The zero-order valence-corrected chi connectivity index (χ0v) is 36.0.